The molecule has 2 nitrogen and oxygen atoms in total. The minimum Gasteiger partial charge on any atom is -0.292 e. The molecule has 2 rings (SSSR count). The summed E-state index contributed by atoms with van der Waals surface area (Å²) < 4.78 is 0. The molecule has 86 valence electrons. The number of hydrogen-bond donors (Lipinski definition) is 0. The van der Waals surface area contributed by atoms with Gasteiger partial charge in [-0.25, -0.2) is 0 Å². The van der Waals surface area contributed by atoms with Crippen LogP contribution in [0, 0.1) is 11.8 Å². The Morgan fingerprint density at radius 2 is 2.31 bits per heavy atom. The summed E-state index contributed by atoms with van der Waals surface area (Å²) in [6.07, 6.45) is 5.97. The Morgan fingerprint density at radius 1 is 1.50 bits per heavy atom. The number of aromatic nitrogens is 1. The molecule has 1 aromatic heterocycles. The van der Waals surface area contributed by atoms with Crippen LogP contribution >= 0.6 is 11.6 Å². The fraction of sp³-hybridized carbons (Fsp3) is 0.538. The maximum Gasteiger partial charge on any atom is 0.185 e. The summed E-state index contributed by atoms with van der Waals surface area (Å²) in [5.74, 6) is 0.887. The first kappa shape index (κ1) is 11.6. The van der Waals surface area contributed by atoms with Crippen molar-refractivity contribution in [3.63, 3.8) is 0 Å². The van der Waals surface area contributed by atoms with Gasteiger partial charge in [0.05, 0.1) is 5.02 Å². The highest BCUT2D eigenvalue weighted by atomic mass is 35.5. The molecule has 1 heterocycles. The van der Waals surface area contributed by atoms with Crippen molar-refractivity contribution >= 4 is 17.4 Å². The molecule has 1 aromatic rings. The molecule has 0 N–H and O–H groups in total. The molecule has 3 heteroatoms. The lowest BCUT2D eigenvalue weighted by molar-refractivity contribution is 0.0863. The molecular formula is C13H16ClNO. The molecule has 0 saturated heterocycles. The molecule has 0 aromatic carbocycles. The fourth-order valence-corrected chi connectivity index (χ4v) is 2.65. The summed E-state index contributed by atoms with van der Waals surface area (Å²) in [5.41, 5.74) is 0.447. The zero-order valence-electron chi connectivity index (χ0n) is 9.45. The lowest BCUT2D eigenvalue weighted by Gasteiger charge is -2.25. The number of hydrogen-bond acceptors (Lipinski definition) is 2. The van der Waals surface area contributed by atoms with Gasteiger partial charge >= 0.3 is 0 Å². The summed E-state index contributed by atoms with van der Waals surface area (Å²) in [4.78, 5) is 16.3. The van der Waals surface area contributed by atoms with Crippen molar-refractivity contribution in [2.45, 2.75) is 32.6 Å². The van der Waals surface area contributed by atoms with Gasteiger partial charge in [0, 0.05) is 12.1 Å². The summed E-state index contributed by atoms with van der Waals surface area (Å²) in [6, 6.07) is 3.48. The molecule has 0 aliphatic heterocycles. The van der Waals surface area contributed by atoms with E-state index in [2.05, 4.69) is 11.9 Å². The highest BCUT2D eigenvalue weighted by molar-refractivity contribution is 6.33. The molecule has 0 radical (unpaired) electrons. The van der Waals surface area contributed by atoms with Crippen LogP contribution in [-0.4, -0.2) is 10.8 Å². The molecule has 1 fully saturated rings. The van der Waals surface area contributed by atoms with E-state index in [1.165, 1.54) is 6.42 Å². The van der Waals surface area contributed by atoms with Gasteiger partial charge in [-0.1, -0.05) is 31.4 Å². The number of pyridine rings is 1. The molecule has 2 unspecified atom stereocenters. The summed E-state index contributed by atoms with van der Waals surface area (Å²) >= 11 is 5.99. The van der Waals surface area contributed by atoms with Crippen molar-refractivity contribution in [1.82, 2.24) is 4.98 Å². The molecule has 2 atom stereocenters. The van der Waals surface area contributed by atoms with Gasteiger partial charge in [0.1, 0.15) is 5.69 Å². The van der Waals surface area contributed by atoms with Gasteiger partial charge in [0.25, 0.3) is 0 Å². The largest absolute Gasteiger partial charge is 0.292 e. The van der Waals surface area contributed by atoms with E-state index in [0.29, 0.717) is 16.6 Å². The number of Topliss-reactive ketones (excluding diaryl/α,β-unsaturated/α-hetero) is 1. The molecule has 1 saturated carbocycles. The van der Waals surface area contributed by atoms with E-state index in [1.807, 2.05) is 0 Å². The maximum atomic E-state index is 12.2. The molecule has 0 bridgehead atoms. The fourth-order valence-electron chi connectivity index (χ4n) is 2.43. The third-order valence-corrected chi connectivity index (χ3v) is 3.60. The number of carbonyl (C=O) groups excluding carboxylic acids is 1. The smallest absolute Gasteiger partial charge is 0.185 e. The Morgan fingerprint density at radius 3 is 3.00 bits per heavy atom. The van der Waals surface area contributed by atoms with Crippen LogP contribution in [0.1, 0.15) is 43.1 Å². The Balaban J connectivity index is 2.16. The minimum atomic E-state index is 0.121. The first-order valence-electron chi connectivity index (χ1n) is 5.83. The first-order valence-corrected chi connectivity index (χ1v) is 6.21. The average molecular weight is 238 g/mol. The Hall–Kier alpha value is -0.890. The van der Waals surface area contributed by atoms with Crippen molar-refractivity contribution in [1.29, 1.82) is 0 Å². The van der Waals surface area contributed by atoms with Crippen LogP contribution in [0.3, 0.4) is 0 Å². The SMILES string of the molecule is CC1CCCC(C(=O)c2ncccc2Cl)C1. The van der Waals surface area contributed by atoms with Crippen molar-refractivity contribution in [2.75, 3.05) is 0 Å². The van der Waals surface area contributed by atoms with Gasteiger partial charge < -0.3 is 0 Å². The molecule has 16 heavy (non-hydrogen) atoms. The topological polar surface area (TPSA) is 30.0 Å². The van der Waals surface area contributed by atoms with Gasteiger partial charge in [-0.2, -0.15) is 0 Å². The normalized spacial score (nSPS) is 25.4. The molecule has 1 aliphatic carbocycles. The Labute approximate surface area is 101 Å². The van der Waals surface area contributed by atoms with Crippen molar-refractivity contribution < 1.29 is 4.79 Å². The molecular weight excluding hydrogens is 222 g/mol. The van der Waals surface area contributed by atoms with E-state index in [-0.39, 0.29) is 11.7 Å². The lowest BCUT2D eigenvalue weighted by Crippen LogP contribution is -2.22. The van der Waals surface area contributed by atoms with Gasteiger partial charge in [-0.15, -0.1) is 0 Å². The Kier molecular flexibility index (Phi) is 3.59. The van der Waals surface area contributed by atoms with E-state index in [4.69, 9.17) is 11.6 Å². The van der Waals surface area contributed by atoms with Crippen molar-refractivity contribution in [3.05, 3.63) is 29.0 Å². The van der Waals surface area contributed by atoms with E-state index in [1.54, 1.807) is 18.3 Å². The van der Waals surface area contributed by atoms with Crippen LogP contribution in [0.5, 0.6) is 0 Å². The zero-order valence-corrected chi connectivity index (χ0v) is 10.2. The second-order valence-corrected chi connectivity index (χ2v) is 5.07. The number of halogens is 1. The highest BCUT2D eigenvalue weighted by Gasteiger charge is 2.27. The molecule has 0 amide bonds. The summed E-state index contributed by atoms with van der Waals surface area (Å²) in [6.45, 7) is 2.21. The third-order valence-electron chi connectivity index (χ3n) is 3.30. The Bertz CT molecular complexity index is 391. The van der Waals surface area contributed by atoms with Gasteiger partial charge in [0.2, 0.25) is 0 Å². The monoisotopic (exact) mass is 237 g/mol. The number of carbonyl (C=O) groups is 1. The van der Waals surface area contributed by atoms with Crippen molar-refractivity contribution in [3.8, 4) is 0 Å². The third kappa shape index (κ3) is 2.43. The predicted molar refractivity (Wildman–Crippen MR) is 64.7 cm³/mol. The first-order chi connectivity index (χ1) is 7.68. The number of rotatable bonds is 2. The second kappa shape index (κ2) is 4.96. The van der Waals surface area contributed by atoms with E-state index >= 15 is 0 Å². The van der Waals surface area contributed by atoms with E-state index in [9.17, 15) is 4.79 Å². The summed E-state index contributed by atoms with van der Waals surface area (Å²) in [5, 5.41) is 0.478. The zero-order chi connectivity index (χ0) is 11.5. The average Bonchev–Trinajstić information content (AvgIpc) is 2.29. The van der Waals surface area contributed by atoms with Crippen LogP contribution in [0.25, 0.3) is 0 Å². The molecule has 0 spiro atoms. The standard InChI is InChI=1S/C13H16ClNO/c1-9-4-2-5-10(8-9)13(16)12-11(14)6-3-7-15-12/h3,6-7,9-10H,2,4-5,8H2,1H3. The van der Waals surface area contributed by atoms with Gasteiger partial charge in [-0.3, -0.25) is 9.78 Å². The minimum absolute atomic E-state index is 0.121. The number of ketones is 1. The summed E-state index contributed by atoms with van der Waals surface area (Å²) in [7, 11) is 0. The second-order valence-electron chi connectivity index (χ2n) is 4.67. The van der Waals surface area contributed by atoms with Crippen LogP contribution < -0.4 is 0 Å². The van der Waals surface area contributed by atoms with Gasteiger partial charge in [0.15, 0.2) is 5.78 Å². The van der Waals surface area contributed by atoms with Crippen LogP contribution in [0.2, 0.25) is 5.02 Å². The predicted octanol–water partition coefficient (Wildman–Crippen LogP) is 3.74. The van der Waals surface area contributed by atoms with E-state index < -0.39 is 0 Å². The highest BCUT2D eigenvalue weighted by Crippen LogP contribution is 2.31. The number of nitrogens with zero attached hydrogens (tertiary/aromatic N) is 1. The van der Waals surface area contributed by atoms with Crippen molar-refractivity contribution in [2.24, 2.45) is 11.8 Å². The lowest BCUT2D eigenvalue weighted by atomic mass is 9.79. The maximum absolute atomic E-state index is 12.2. The van der Waals surface area contributed by atoms with Crippen LogP contribution in [0.4, 0.5) is 0 Å². The molecule has 1 aliphatic rings. The van der Waals surface area contributed by atoms with E-state index in [0.717, 1.165) is 19.3 Å². The van der Waals surface area contributed by atoms with Gasteiger partial charge in [-0.05, 0) is 30.9 Å². The van der Waals surface area contributed by atoms with Crippen LogP contribution in [-0.2, 0) is 0 Å². The van der Waals surface area contributed by atoms with Crippen LogP contribution in [0.15, 0.2) is 18.3 Å². The quantitative estimate of drug-likeness (QED) is 0.734.